The predicted molar refractivity (Wildman–Crippen MR) is 72.8 cm³/mol. The normalized spacial score (nSPS) is 10.3. The Kier molecular flexibility index (Phi) is 3.94. The van der Waals surface area contributed by atoms with Crippen molar-refractivity contribution in [3.63, 3.8) is 0 Å². The van der Waals surface area contributed by atoms with Gasteiger partial charge < -0.3 is 10.4 Å². The van der Waals surface area contributed by atoms with Gasteiger partial charge in [0.1, 0.15) is 4.88 Å². The third kappa shape index (κ3) is 3.07. The molecule has 0 fully saturated rings. The van der Waals surface area contributed by atoms with E-state index in [0.717, 1.165) is 29.9 Å². The first-order chi connectivity index (χ1) is 8.69. The van der Waals surface area contributed by atoms with Crippen LogP contribution in [0.25, 0.3) is 0 Å². The molecule has 0 radical (unpaired) electrons. The summed E-state index contributed by atoms with van der Waals surface area (Å²) in [6.07, 6.45) is 3.56. The standard InChI is InChI=1S/C13H14N2O2S/c1-2-3-9-4-6-10(7-5-9)15-13-14-8-11(18-13)12(16)17/h4-8H,2-3H2,1H3,(H,14,15)(H,16,17). The molecule has 0 aliphatic carbocycles. The van der Waals surface area contributed by atoms with Gasteiger partial charge in [0, 0.05) is 5.69 Å². The Labute approximate surface area is 109 Å². The third-order valence-corrected chi connectivity index (χ3v) is 3.36. The number of aryl methyl sites for hydroxylation is 1. The third-order valence-electron chi connectivity index (χ3n) is 2.46. The van der Waals surface area contributed by atoms with Crippen LogP contribution in [0.1, 0.15) is 28.6 Å². The molecule has 1 heterocycles. The number of nitrogens with zero attached hydrogens (tertiary/aromatic N) is 1. The molecular formula is C13H14N2O2S. The SMILES string of the molecule is CCCc1ccc(Nc2ncc(C(=O)O)s2)cc1. The number of rotatable bonds is 5. The maximum Gasteiger partial charge on any atom is 0.347 e. The summed E-state index contributed by atoms with van der Waals surface area (Å²) in [6.45, 7) is 2.15. The summed E-state index contributed by atoms with van der Waals surface area (Å²) >= 11 is 1.13. The first-order valence-electron chi connectivity index (χ1n) is 5.74. The van der Waals surface area contributed by atoms with Crippen molar-refractivity contribution >= 4 is 28.1 Å². The Hall–Kier alpha value is -1.88. The topological polar surface area (TPSA) is 62.2 Å². The molecule has 0 bridgehead atoms. The van der Waals surface area contributed by atoms with Crippen molar-refractivity contribution in [3.05, 3.63) is 40.9 Å². The van der Waals surface area contributed by atoms with E-state index in [2.05, 4.69) is 29.4 Å². The fourth-order valence-electron chi connectivity index (χ4n) is 1.60. The van der Waals surface area contributed by atoms with Crippen LogP contribution < -0.4 is 5.32 Å². The summed E-state index contributed by atoms with van der Waals surface area (Å²) in [5.41, 5.74) is 2.22. The van der Waals surface area contributed by atoms with Crippen molar-refractivity contribution in [2.75, 3.05) is 5.32 Å². The minimum atomic E-state index is -0.946. The van der Waals surface area contributed by atoms with Gasteiger partial charge in [0.25, 0.3) is 0 Å². The molecule has 0 saturated carbocycles. The van der Waals surface area contributed by atoms with E-state index in [-0.39, 0.29) is 4.88 Å². The average Bonchev–Trinajstić information content (AvgIpc) is 2.81. The lowest BCUT2D eigenvalue weighted by Gasteiger charge is -2.03. The number of carbonyl (C=O) groups is 1. The van der Waals surface area contributed by atoms with Gasteiger partial charge in [0.15, 0.2) is 5.13 Å². The number of hydrogen-bond acceptors (Lipinski definition) is 4. The number of anilines is 2. The van der Waals surface area contributed by atoms with Crippen LogP contribution >= 0.6 is 11.3 Å². The smallest absolute Gasteiger partial charge is 0.347 e. The molecule has 1 aromatic heterocycles. The Morgan fingerprint density at radius 3 is 2.67 bits per heavy atom. The minimum absolute atomic E-state index is 0.236. The molecule has 0 saturated heterocycles. The number of carboxylic acid groups (broad SMARTS) is 1. The lowest BCUT2D eigenvalue weighted by molar-refractivity contribution is 0.0702. The molecule has 0 amide bonds. The zero-order chi connectivity index (χ0) is 13.0. The van der Waals surface area contributed by atoms with Crippen LogP contribution in [0.3, 0.4) is 0 Å². The Balaban J connectivity index is 2.06. The second kappa shape index (κ2) is 5.64. The van der Waals surface area contributed by atoms with Gasteiger partial charge in [-0.2, -0.15) is 0 Å². The predicted octanol–water partition coefficient (Wildman–Crippen LogP) is 3.54. The Morgan fingerprint density at radius 2 is 2.11 bits per heavy atom. The van der Waals surface area contributed by atoms with Crippen molar-refractivity contribution in [2.45, 2.75) is 19.8 Å². The van der Waals surface area contributed by atoms with Crippen LogP contribution in [0, 0.1) is 0 Å². The summed E-state index contributed by atoms with van der Waals surface area (Å²) in [5.74, 6) is -0.946. The van der Waals surface area contributed by atoms with Crippen LogP contribution in [-0.4, -0.2) is 16.1 Å². The van der Waals surface area contributed by atoms with E-state index in [1.165, 1.54) is 11.8 Å². The molecule has 18 heavy (non-hydrogen) atoms. The van der Waals surface area contributed by atoms with Crippen molar-refractivity contribution < 1.29 is 9.90 Å². The van der Waals surface area contributed by atoms with E-state index in [9.17, 15) is 4.79 Å². The maximum atomic E-state index is 10.7. The number of hydrogen-bond donors (Lipinski definition) is 2. The largest absolute Gasteiger partial charge is 0.477 e. The van der Waals surface area contributed by atoms with Gasteiger partial charge in [-0.3, -0.25) is 0 Å². The first kappa shape index (κ1) is 12.6. The van der Waals surface area contributed by atoms with Crippen LogP contribution in [0.2, 0.25) is 0 Å². The van der Waals surface area contributed by atoms with Crippen molar-refractivity contribution in [3.8, 4) is 0 Å². The second-order valence-electron chi connectivity index (χ2n) is 3.91. The molecule has 2 N–H and O–H groups in total. The van der Waals surface area contributed by atoms with Crippen LogP contribution in [0.15, 0.2) is 30.5 Å². The zero-order valence-corrected chi connectivity index (χ0v) is 10.8. The first-order valence-corrected chi connectivity index (χ1v) is 6.55. The van der Waals surface area contributed by atoms with Crippen LogP contribution in [-0.2, 0) is 6.42 Å². The number of carboxylic acids is 1. The van der Waals surface area contributed by atoms with Gasteiger partial charge in [-0.25, -0.2) is 9.78 Å². The monoisotopic (exact) mass is 262 g/mol. The quantitative estimate of drug-likeness (QED) is 0.865. The van der Waals surface area contributed by atoms with E-state index in [4.69, 9.17) is 5.11 Å². The van der Waals surface area contributed by atoms with Crippen LogP contribution in [0.4, 0.5) is 10.8 Å². The highest BCUT2D eigenvalue weighted by molar-refractivity contribution is 7.17. The van der Waals surface area contributed by atoms with Gasteiger partial charge in [0.05, 0.1) is 6.20 Å². The molecular weight excluding hydrogens is 248 g/mol. The molecule has 4 nitrogen and oxygen atoms in total. The fourth-order valence-corrected chi connectivity index (χ4v) is 2.27. The molecule has 0 atom stereocenters. The second-order valence-corrected chi connectivity index (χ2v) is 4.94. The molecule has 2 aromatic rings. The summed E-state index contributed by atoms with van der Waals surface area (Å²) in [6, 6.07) is 8.09. The lowest BCUT2D eigenvalue weighted by Crippen LogP contribution is -1.90. The van der Waals surface area contributed by atoms with Crippen molar-refractivity contribution in [1.29, 1.82) is 0 Å². The summed E-state index contributed by atoms with van der Waals surface area (Å²) < 4.78 is 0. The van der Waals surface area contributed by atoms with E-state index < -0.39 is 5.97 Å². The van der Waals surface area contributed by atoms with Crippen LogP contribution in [0.5, 0.6) is 0 Å². The Morgan fingerprint density at radius 1 is 1.39 bits per heavy atom. The maximum absolute atomic E-state index is 10.7. The van der Waals surface area contributed by atoms with Gasteiger partial charge in [-0.15, -0.1) is 0 Å². The highest BCUT2D eigenvalue weighted by atomic mass is 32.1. The molecule has 0 aliphatic heterocycles. The van der Waals surface area contributed by atoms with E-state index in [1.54, 1.807) is 0 Å². The number of thiazole rings is 1. The molecule has 0 spiro atoms. The van der Waals surface area contributed by atoms with Crippen molar-refractivity contribution in [2.24, 2.45) is 0 Å². The number of benzene rings is 1. The van der Waals surface area contributed by atoms with E-state index in [1.807, 2.05) is 12.1 Å². The number of nitrogens with one attached hydrogen (secondary N) is 1. The van der Waals surface area contributed by atoms with E-state index >= 15 is 0 Å². The fraction of sp³-hybridized carbons (Fsp3) is 0.231. The minimum Gasteiger partial charge on any atom is -0.477 e. The summed E-state index contributed by atoms with van der Waals surface area (Å²) in [5, 5.41) is 12.5. The lowest BCUT2D eigenvalue weighted by atomic mass is 10.1. The summed E-state index contributed by atoms with van der Waals surface area (Å²) in [7, 11) is 0. The molecule has 0 unspecified atom stereocenters. The van der Waals surface area contributed by atoms with E-state index in [0.29, 0.717) is 5.13 Å². The number of aromatic carboxylic acids is 1. The van der Waals surface area contributed by atoms with Gasteiger partial charge in [-0.1, -0.05) is 36.8 Å². The average molecular weight is 262 g/mol. The van der Waals surface area contributed by atoms with Gasteiger partial charge in [0.2, 0.25) is 0 Å². The molecule has 1 aromatic carbocycles. The molecule has 5 heteroatoms. The Bertz CT molecular complexity index is 534. The highest BCUT2D eigenvalue weighted by Crippen LogP contribution is 2.22. The van der Waals surface area contributed by atoms with Crippen molar-refractivity contribution in [1.82, 2.24) is 4.98 Å². The molecule has 2 rings (SSSR count). The van der Waals surface area contributed by atoms with Gasteiger partial charge >= 0.3 is 5.97 Å². The zero-order valence-electron chi connectivity index (χ0n) is 10.0. The molecule has 94 valence electrons. The molecule has 0 aliphatic rings. The van der Waals surface area contributed by atoms with Gasteiger partial charge in [-0.05, 0) is 24.1 Å². The number of aromatic nitrogens is 1. The summed E-state index contributed by atoms with van der Waals surface area (Å²) in [4.78, 5) is 15.0. The highest BCUT2D eigenvalue weighted by Gasteiger charge is 2.08.